The van der Waals surface area contributed by atoms with E-state index in [4.69, 9.17) is 9.84 Å². The lowest BCUT2D eigenvalue weighted by atomic mass is 10.2. The molecule has 0 saturated heterocycles. The standard InChI is InChI=1S/C11H12N2O5/c1-18-8-4-2-3-7(9(8)13(16)17)12-11(5-6-11)10(14)15/h2-4,12H,5-6H2,1H3,(H,14,15). The third kappa shape index (κ3) is 1.94. The van der Waals surface area contributed by atoms with Gasteiger partial charge in [0.25, 0.3) is 0 Å². The maximum Gasteiger partial charge on any atom is 0.333 e. The Morgan fingerprint density at radius 1 is 1.56 bits per heavy atom. The highest BCUT2D eigenvalue weighted by atomic mass is 16.6. The SMILES string of the molecule is COc1cccc(NC2(C(=O)O)CC2)c1[N+](=O)[O-]. The van der Waals surface area contributed by atoms with Gasteiger partial charge in [0.2, 0.25) is 0 Å². The Morgan fingerprint density at radius 3 is 2.67 bits per heavy atom. The number of anilines is 1. The number of carboxylic acid groups (broad SMARTS) is 1. The quantitative estimate of drug-likeness (QED) is 0.610. The van der Waals surface area contributed by atoms with Crippen molar-refractivity contribution in [2.24, 2.45) is 0 Å². The summed E-state index contributed by atoms with van der Waals surface area (Å²) in [5.74, 6) is -0.897. The highest BCUT2D eigenvalue weighted by Gasteiger charge is 2.51. The van der Waals surface area contributed by atoms with Crippen molar-refractivity contribution in [2.75, 3.05) is 12.4 Å². The zero-order chi connectivity index (χ0) is 13.3. The summed E-state index contributed by atoms with van der Waals surface area (Å²) in [4.78, 5) is 21.5. The number of nitro groups is 1. The first-order valence-electron chi connectivity index (χ1n) is 5.33. The molecular formula is C11H12N2O5. The average molecular weight is 252 g/mol. The van der Waals surface area contributed by atoms with E-state index >= 15 is 0 Å². The number of hydrogen-bond donors (Lipinski definition) is 2. The summed E-state index contributed by atoms with van der Waals surface area (Å²) in [6.45, 7) is 0. The van der Waals surface area contributed by atoms with Gasteiger partial charge in [-0.2, -0.15) is 0 Å². The second-order valence-electron chi connectivity index (χ2n) is 4.13. The third-order valence-corrected chi connectivity index (χ3v) is 2.93. The summed E-state index contributed by atoms with van der Waals surface area (Å²) < 4.78 is 4.91. The van der Waals surface area contributed by atoms with E-state index in [1.807, 2.05) is 0 Å². The number of methoxy groups -OCH3 is 1. The zero-order valence-corrected chi connectivity index (χ0v) is 9.67. The van der Waals surface area contributed by atoms with Crippen molar-refractivity contribution in [1.29, 1.82) is 0 Å². The predicted molar refractivity (Wildman–Crippen MR) is 62.9 cm³/mol. The molecule has 1 saturated carbocycles. The first-order valence-corrected chi connectivity index (χ1v) is 5.33. The Balaban J connectivity index is 2.39. The molecule has 0 amide bonds. The maximum atomic E-state index is 11.1. The highest BCUT2D eigenvalue weighted by molar-refractivity contribution is 5.88. The Kier molecular flexibility index (Phi) is 2.82. The van der Waals surface area contributed by atoms with Crippen LogP contribution in [0.5, 0.6) is 5.75 Å². The fourth-order valence-corrected chi connectivity index (χ4v) is 1.75. The summed E-state index contributed by atoms with van der Waals surface area (Å²) in [7, 11) is 1.33. The van der Waals surface area contributed by atoms with Gasteiger partial charge in [0, 0.05) is 0 Å². The van der Waals surface area contributed by atoms with E-state index in [2.05, 4.69) is 5.32 Å². The largest absolute Gasteiger partial charge is 0.490 e. The van der Waals surface area contributed by atoms with Crippen LogP contribution in [-0.2, 0) is 4.79 Å². The predicted octanol–water partition coefficient (Wildman–Crippen LogP) is 1.63. The van der Waals surface area contributed by atoms with E-state index in [0.717, 1.165) is 0 Å². The fraction of sp³-hybridized carbons (Fsp3) is 0.364. The molecule has 7 heteroatoms. The molecular weight excluding hydrogens is 240 g/mol. The summed E-state index contributed by atoms with van der Waals surface area (Å²) in [6.07, 6.45) is 0.910. The molecule has 1 aromatic rings. The molecule has 0 aliphatic heterocycles. The van der Waals surface area contributed by atoms with Crippen LogP contribution in [0.4, 0.5) is 11.4 Å². The minimum Gasteiger partial charge on any atom is -0.490 e. The maximum absolute atomic E-state index is 11.1. The zero-order valence-electron chi connectivity index (χ0n) is 9.67. The molecule has 1 aromatic carbocycles. The van der Waals surface area contributed by atoms with E-state index < -0.39 is 16.4 Å². The average Bonchev–Trinajstić information content (AvgIpc) is 3.09. The number of nitrogens with one attached hydrogen (secondary N) is 1. The first kappa shape index (κ1) is 12.2. The molecule has 0 atom stereocenters. The molecule has 1 aliphatic carbocycles. The number of rotatable bonds is 5. The number of para-hydroxylation sites is 1. The smallest absolute Gasteiger partial charge is 0.333 e. The lowest BCUT2D eigenvalue weighted by Crippen LogP contribution is -2.31. The topological polar surface area (TPSA) is 102 Å². The Hall–Kier alpha value is -2.31. The number of ether oxygens (including phenoxy) is 1. The number of aliphatic carboxylic acids is 1. The summed E-state index contributed by atoms with van der Waals surface area (Å²) in [5.41, 5.74) is -1.15. The van der Waals surface area contributed by atoms with Gasteiger partial charge in [0.05, 0.1) is 12.0 Å². The molecule has 18 heavy (non-hydrogen) atoms. The van der Waals surface area contributed by atoms with Gasteiger partial charge in [-0.05, 0) is 25.0 Å². The van der Waals surface area contributed by atoms with Gasteiger partial charge in [-0.15, -0.1) is 0 Å². The number of carboxylic acids is 1. The minimum atomic E-state index is -1.07. The summed E-state index contributed by atoms with van der Waals surface area (Å²) in [6, 6.07) is 4.51. The fourth-order valence-electron chi connectivity index (χ4n) is 1.75. The monoisotopic (exact) mass is 252 g/mol. The summed E-state index contributed by atoms with van der Waals surface area (Å²) in [5, 5.41) is 22.8. The lowest BCUT2D eigenvalue weighted by molar-refractivity contribution is -0.384. The van der Waals surface area contributed by atoms with Gasteiger partial charge in [0.15, 0.2) is 5.75 Å². The van der Waals surface area contributed by atoms with Crippen LogP contribution in [0.2, 0.25) is 0 Å². The molecule has 0 radical (unpaired) electrons. The Labute approximate surface area is 103 Å². The molecule has 0 bridgehead atoms. The van der Waals surface area contributed by atoms with Crippen LogP contribution >= 0.6 is 0 Å². The van der Waals surface area contributed by atoms with Crippen molar-refractivity contribution in [3.05, 3.63) is 28.3 Å². The summed E-state index contributed by atoms with van der Waals surface area (Å²) >= 11 is 0. The van der Waals surface area contributed by atoms with Gasteiger partial charge in [0.1, 0.15) is 11.2 Å². The van der Waals surface area contributed by atoms with E-state index in [1.165, 1.54) is 19.2 Å². The molecule has 7 nitrogen and oxygen atoms in total. The lowest BCUT2D eigenvalue weighted by Gasteiger charge is -2.14. The molecule has 2 rings (SSSR count). The van der Waals surface area contributed by atoms with Crippen LogP contribution in [0.3, 0.4) is 0 Å². The van der Waals surface area contributed by atoms with Crippen LogP contribution in [0, 0.1) is 10.1 Å². The van der Waals surface area contributed by atoms with Gasteiger partial charge >= 0.3 is 11.7 Å². The van der Waals surface area contributed by atoms with Crippen LogP contribution in [-0.4, -0.2) is 28.6 Å². The van der Waals surface area contributed by atoms with Crippen molar-refractivity contribution in [1.82, 2.24) is 0 Å². The van der Waals surface area contributed by atoms with Gasteiger partial charge in [-0.1, -0.05) is 6.07 Å². The van der Waals surface area contributed by atoms with Crippen LogP contribution in [0.25, 0.3) is 0 Å². The number of nitro benzene ring substituents is 1. The second kappa shape index (κ2) is 4.17. The second-order valence-corrected chi connectivity index (χ2v) is 4.13. The molecule has 0 spiro atoms. The number of carbonyl (C=O) groups is 1. The molecule has 96 valence electrons. The van der Waals surface area contributed by atoms with Crippen molar-refractivity contribution in [3.63, 3.8) is 0 Å². The van der Waals surface area contributed by atoms with E-state index in [-0.39, 0.29) is 17.1 Å². The van der Waals surface area contributed by atoms with Gasteiger partial charge in [-0.3, -0.25) is 10.1 Å². The van der Waals surface area contributed by atoms with Crippen molar-refractivity contribution in [3.8, 4) is 5.75 Å². The molecule has 0 heterocycles. The minimum absolute atomic E-state index is 0.103. The number of benzene rings is 1. The van der Waals surface area contributed by atoms with E-state index in [1.54, 1.807) is 6.07 Å². The van der Waals surface area contributed by atoms with Gasteiger partial charge in [-0.25, -0.2) is 4.79 Å². The van der Waals surface area contributed by atoms with E-state index in [9.17, 15) is 14.9 Å². The van der Waals surface area contributed by atoms with Crippen molar-refractivity contribution < 1.29 is 19.6 Å². The Bertz CT molecular complexity index is 510. The van der Waals surface area contributed by atoms with Crippen LogP contribution in [0.1, 0.15) is 12.8 Å². The molecule has 2 N–H and O–H groups in total. The third-order valence-electron chi connectivity index (χ3n) is 2.93. The van der Waals surface area contributed by atoms with E-state index in [0.29, 0.717) is 12.8 Å². The molecule has 1 fully saturated rings. The Morgan fingerprint density at radius 2 is 2.22 bits per heavy atom. The molecule has 1 aliphatic rings. The van der Waals surface area contributed by atoms with Crippen molar-refractivity contribution in [2.45, 2.75) is 18.4 Å². The normalized spacial score (nSPS) is 15.8. The molecule has 0 aromatic heterocycles. The van der Waals surface area contributed by atoms with Crippen molar-refractivity contribution >= 4 is 17.3 Å². The number of hydrogen-bond acceptors (Lipinski definition) is 5. The highest BCUT2D eigenvalue weighted by Crippen LogP contribution is 2.43. The first-order chi connectivity index (χ1) is 8.50. The van der Waals surface area contributed by atoms with Gasteiger partial charge < -0.3 is 15.2 Å². The van der Waals surface area contributed by atoms with Crippen LogP contribution in [0.15, 0.2) is 18.2 Å². The van der Waals surface area contributed by atoms with Crippen LogP contribution < -0.4 is 10.1 Å². The molecule has 0 unspecified atom stereocenters. The number of nitrogens with zero attached hydrogens (tertiary/aromatic N) is 1.